The lowest BCUT2D eigenvalue weighted by atomic mass is 9.89. The minimum atomic E-state index is -1.14. The van der Waals surface area contributed by atoms with Crippen LogP contribution in [0.25, 0.3) is 10.9 Å². The topological polar surface area (TPSA) is 68.5 Å². The van der Waals surface area contributed by atoms with Crippen molar-refractivity contribution in [3.05, 3.63) is 101 Å². The normalized spacial score (nSPS) is 12.0. The molecule has 7 heteroatoms. The molecule has 0 aliphatic rings. The first-order valence-electron chi connectivity index (χ1n) is 10.3. The predicted octanol–water partition coefficient (Wildman–Crippen LogP) is 5.34. The third-order valence-electron chi connectivity index (χ3n) is 5.76. The van der Waals surface area contributed by atoms with Gasteiger partial charge in [-0.3, -0.25) is 14.2 Å². The number of carbonyl (C=O) groups is 2. The first-order chi connectivity index (χ1) is 15.8. The summed E-state index contributed by atoms with van der Waals surface area (Å²) >= 11 is 0. The SMILES string of the molecule is COc1ccc2c(c1F)c(C(Cc1ccccc1)C(=O)O)c(C)n2C(=O)c1ccc(F)cc1. The summed E-state index contributed by atoms with van der Waals surface area (Å²) in [6, 6.07) is 16.9. The molecule has 0 aliphatic carbocycles. The Morgan fingerprint density at radius 2 is 1.67 bits per heavy atom. The predicted molar refractivity (Wildman–Crippen MR) is 120 cm³/mol. The number of carboxylic acid groups (broad SMARTS) is 1. The summed E-state index contributed by atoms with van der Waals surface area (Å²) in [5.41, 5.74) is 1.67. The van der Waals surface area contributed by atoms with Gasteiger partial charge in [0.05, 0.1) is 18.5 Å². The van der Waals surface area contributed by atoms with Gasteiger partial charge >= 0.3 is 5.97 Å². The Bertz CT molecular complexity index is 1340. The van der Waals surface area contributed by atoms with E-state index in [-0.39, 0.29) is 34.2 Å². The molecular formula is C26H21F2NO4. The fraction of sp³-hybridized carbons (Fsp3) is 0.154. The molecule has 0 radical (unpaired) electrons. The molecule has 0 spiro atoms. The Morgan fingerprint density at radius 1 is 1.00 bits per heavy atom. The van der Waals surface area contributed by atoms with Gasteiger partial charge in [-0.15, -0.1) is 0 Å². The van der Waals surface area contributed by atoms with Crippen LogP contribution in [0.4, 0.5) is 8.78 Å². The minimum absolute atomic E-state index is 0.0191. The highest BCUT2D eigenvalue weighted by molar-refractivity contribution is 6.05. The molecule has 0 saturated carbocycles. The molecule has 0 saturated heterocycles. The van der Waals surface area contributed by atoms with Crippen LogP contribution in [0.1, 0.15) is 33.1 Å². The van der Waals surface area contributed by atoms with Crippen molar-refractivity contribution in [1.29, 1.82) is 0 Å². The van der Waals surface area contributed by atoms with Gasteiger partial charge in [-0.25, -0.2) is 8.78 Å². The largest absolute Gasteiger partial charge is 0.494 e. The number of fused-ring (bicyclic) bond motifs is 1. The summed E-state index contributed by atoms with van der Waals surface area (Å²) < 4.78 is 35.3. The zero-order valence-electron chi connectivity index (χ0n) is 18.0. The lowest BCUT2D eigenvalue weighted by Gasteiger charge is -2.15. The van der Waals surface area contributed by atoms with Crippen LogP contribution in [-0.4, -0.2) is 28.7 Å². The van der Waals surface area contributed by atoms with E-state index in [9.17, 15) is 19.1 Å². The molecule has 0 fully saturated rings. The van der Waals surface area contributed by atoms with Crippen molar-refractivity contribution < 1.29 is 28.2 Å². The Hall–Kier alpha value is -4.00. The van der Waals surface area contributed by atoms with Crippen LogP contribution >= 0.6 is 0 Å². The highest BCUT2D eigenvalue weighted by Crippen LogP contribution is 2.39. The van der Waals surface area contributed by atoms with E-state index in [2.05, 4.69) is 0 Å². The number of hydrogen-bond acceptors (Lipinski definition) is 3. The lowest BCUT2D eigenvalue weighted by Crippen LogP contribution is -2.18. The Kier molecular flexibility index (Phi) is 5.96. The summed E-state index contributed by atoms with van der Waals surface area (Å²) in [6.07, 6.45) is 0.109. The van der Waals surface area contributed by atoms with E-state index in [1.165, 1.54) is 35.9 Å². The van der Waals surface area contributed by atoms with Crippen LogP contribution in [-0.2, 0) is 11.2 Å². The zero-order valence-corrected chi connectivity index (χ0v) is 18.0. The van der Waals surface area contributed by atoms with Crippen molar-refractivity contribution in [3.8, 4) is 5.75 Å². The van der Waals surface area contributed by atoms with E-state index in [4.69, 9.17) is 4.74 Å². The first-order valence-corrected chi connectivity index (χ1v) is 10.3. The van der Waals surface area contributed by atoms with Crippen LogP contribution < -0.4 is 4.74 Å². The molecule has 1 N–H and O–H groups in total. The van der Waals surface area contributed by atoms with E-state index >= 15 is 4.39 Å². The standard InChI is InChI=1S/C26H21F2NO4/c1-15-22(19(26(31)32)14-16-6-4-3-5-7-16)23-20(12-13-21(33-2)24(23)28)29(15)25(30)17-8-10-18(27)11-9-17/h3-13,19H,14H2,1-2H3,(H,31,32). The van der Waals surface area contributed by atoms with Crippen LogP contribution in [0.2, 0.25) is 0 Å². The molecular weight excluding hydrogens is 428 g/mol. The first kappa shape index (κ1) is 22.2. The number of rotatable bonds is 6. The fourth-order valence-electron chi connectivity index (χ4n) is 4.20. The molecule has 1 aromatic heterocycles. The number of methoxy groups -OCH3 is 1. The monoisotopic (exact) mass is 449 g/mol. The van der Waals surface area contributed by atoms with Gasteiger partial charge in [-0.2, -0.15) is 0 Å². The van der Waals surface area contributed by atoms with Crippen LogP contribution in [0, 0.1) is 18.6 Å². The number of aromatic nitrogens is 1. The minimum Gasteiger partial charge on any atom is -0.494 e. The van der Waals surface area contributed by atoms with Gasteiger partial charge in [0, 0.05) is 16.6 Å². The maximum Gasteiger partial charge on any atom is 0.311 e. The maximum absolute atomic E-state index is 15.5. The van der Waals surface area contributed by atoms with Crippen molar-refractivity contribution in [2.75, 3.05) is 7.11 Å². The quantitative estimate of drug-likeness (QED) is 0.432. The van der Waals surface area contributed by atoms with Gasteiger partial charge in [0.25, 0.3) is 5.91 Å². The molecule has 0 aliphatic heterocycles. The third kappa shape index (κ3) is 3.98. The van der Waals surface area contributed by atoms with Crippen molar-refractivity contribution >= 4 is 22.8 Å². The number of carbonyl (C=O) groups excluding carboxylic acids is 1. The molecule has 3 aromatic carbocycles. The fourth-order valence-corrected chi connectivity index (χ4v) is 4.20. The second-order valence-corrected chi connectivity index (χ2v) is 7.70. The smallest absolute Gasteiger partial charge is 0.311 e. The number of halogens is 2. The summed E-state index contributed by atoms with van der Waals surface area (Å²) in [5, 5.41) is 10.1. The summed E-state index contributed by atoms with van der Waals surface area (Å²) in [5.74, 6) is -4.06. The van der Waals surface area contributed by atoms with Gasteiger partial charge in [0.1, 0.15) is 5.82 Å². The van der Waals surface area contributed by atoms with Crippen molar-refractivity contribution in [1.82, 2.24) is 4.57 Å². The second kappa shape index (κ2) is 8.86. The molecule has 1 unspecified atom stereocenters. The molecule has 5 nitrogen and oxygen atoms in total. The molecule has 33 heavy (non-hydrogen) atoms. The van der Waals surface area contributed by atoms with Crippen molar-refractivity contribution in [2.24, 2.45) is 0 Å². The van der Waals surface area contributed by atoms with Gasteiger partial charge in [0.2, 0.25) is 0 Å². The second-order valence-electron chi connectivity index (χ2n) is 7.70. The number of nitrogens with zero attached hydrogens (tertiary/aromatic N) is 1. The number of carboxylic acids is 1. The van der Waals surface area contributed by atoms with Gasteiger partial charge in [0.15, 0.2) is 11.6 Å². The van der Waals surface area contributed by atoms with Gasteiger partial charge < -0.3 is 9.84 Å². The summed E-state index contributed by atoms with van der Waals surface area (Å²) in [7, 11) is 1.32. The van der Waals surface area contributed by atoms with Gasteiger partial charge in [-0.1, -0.05) is 30.3 Å². The van der Waals surface area contributed by atoms with E-state index in [1.807, 2.05) is 6.07 Å². The molecule has 4 aromatic rings. The highest BCUT2D eigenvalue weighted by Gasteiger charge is 2.32. The van der Waals surface area contributed by atoms with Crippen molar-refractivity contribution in [3.63, 3.8) is 0 Å². The van der Waals surface area contributed by atoms with Crippen LogP contribution in [0.15, 0.2) is 66.7 Å². The third-order valence-corrected chi connectivity index (χ3v) is 5.76. The average Bonchev–Trinajstić information content (AvgIpc) is 3.10. The van der Waals surface area contributed by atoms with E-state index in [0.717, 1.165) is 17.7 Å². The zero-order chi connectivity index (χ0) is 23.7. The van der Waals surface area contributed by atoms with Crippen LogP contribution in [0.5, 0.6) is 5.75 Å². The number of ether oxygens (including phenoxy) is 1. The Labute approximate surface area is 188 Å². The molecule has 4 rings (SSSR count). The van der Waals surface area contributed by atoms with Crippen molar-refractivity contribution in [2.45, 2.75) is 19.3 Å². The maximum atomic E-state index is 15.5. The number of aliphatic carboxylic acids is 1. The molecule has 0 bridgehead atoms. The van der Waals surface area contributed by atoms with Gasteiger partial charge in [-0.05, 0) is 60.9 Å². The summed E-state index contributed by atoms with van der Waals surface area (Å²) in [6.45, 7) is 1.59. The van der Waals surface area contributed by atoms with E-state index in [1.54, 1.807) is 31.2 Å². The highest BCUT2D eigenvalue weighted by atomic mass is 19.1. The molecule has 1 atom stereocenters. The lowest BCUT2D eigenvalue weighted by molar-refractivity contribution is -0.138. The average molecular weight is 449 g/mol. The van der Waals surface area contributed by atoms with E-state index in [0.29, 0.717) is 5.69 Å². The van der Waals surface area contributed by atoms with E-state index < -0.39 is 29.4 Å². The Morgan fingerprint density at radius 3 is 2.27 bits per heavy atom. The molecule has 1 heterocycles. The molecule has 168 valence electrons. The number of hydrogen-bond donors (Lipinski definition) is 1. The summed E-state index contributed by atoms with van der Waals surface area (Å²) in [4.78, 5) is 25.7. The molecule has 0 amide bonds. The Balaban J connectivity index is 1.98. The number of benzene rings is 3. The van der Waals surface area contributed by atoms with Crippen LogP contribution in [0.3, 0.4) is 0 Å².